The number of hydrogen-bond acceptors (Lipinski definition) is 6. The van der Waals surface area contributed by atoms with Crippen LogP contribution in [0.2, 0.25) is 0 Å². The molecule has 7 N–H and O–H groups in total. The van der Waals surface area contributed by atoms with E-state index in [0.717, 1.165) is 6.92 Å². The van der Waals surface area contributed by atoms with Gasteiger partial charge < -0.3 is 25.5 Å². The number of aliphatic hydroxyl groups excluding tert-OH is 4. The number of alkyl halides is 1. The second kappa shape index (κ2) is 3.09. The van der Waals surface area contributed by atoms with Gasteiger partial charge in [0.1, 0.15) is 30.0 Å². The zero-order valence-electron chi connectivity index (χ0n) is 7.50. The Hall–Kier alpha value is -0.310. The predicted molar refractivity (Wildman–Crippen MR) is 42.7 cm³/mol. The standard InChI is InChI=1S/C7H14FNO5/c1-6(14)3(11)2(10)4(12)7(8,9)5(6)13/h2-5,10-14H,9H2,1H3/t2-,3-,4-,5+,6-,7?/m0/s1. The molecule has 1 unspecified atom stereocenters. The molecular formula is C7H14FNO5. The van der Waals surface area contributed by atoms with Gasteiger partial charge in [0.15, 0.2) is 0 Å². The number of rotatable bonds is 0. The maximum Gasteiger partial charge on any atom is 0.216 e. The van der Waals surface area contributed by atoms with E-state index in [1.54, 1.807) is 0 Å². The molecule has 0 aliphatic heterocycles. The lowest BCUT2D eigenvalue weighted by Gasteiger charge is -2.49. The third kappa shape index (κ3) is 1.33. The molecule has 1 fully saturated rings. The Morgan fingerprint density at radius 2 is 1.57 bits per heavy atom. The molecule has 0 saturated heterocycles. The summed E-state index contributed by atoms with van der Waals surface area (Å²) in [5, 5.41) is 46.2. The van der Waals surface area contributed by atoms with Gasteiger partial charge in [-0.05, 0) is 6.92 Å². The highest BCUT2D eigenvalue weighted by molar-refractivity contribution is 5.11. The number of aliphatic hydroxyl groups is 5. The van der Waals surface area contributed by atoms with Crippen molar-refractivity contribution in [1.29, 1.82) is 0 Å². The third-order valence-electron chi connectivity index (χ3n) is 2.67. The SMILES string of the molecule is C[C@]1(O)[C@@H](O)[C@H](O)[C@H](O)C(N)(F)[C@@H]1O. The van der Waals surface area contributed by atoms with Gasteiger partial charge in [0, 0.05) is 0 Å². The molecule has 1 saturated carbocycles. The zero-order chi connectivity index (χ0) is 11.3. The first-order chi connectivity index (χ1) is 6.13. The largest absolute Gasteiger partial charge is 0.387 e. The number of hydrogen-bond donors (Lipinski definition) is 6. The van der Waals surface area contributed by atoms with Crippen LogP contribution in [0.15, 0.2) is 0 Å². The van der Waals surface area contributed by atoms with E-state index >= 15 is 0 Å². The monoisotopic (exact) mass is 211 g/mol. The fraction of sp³-hybridized carbons (Fsp3) is 1.00. The van der Waals surface area contributed by atoms with E-state index in [1.165, 1.54) is 0 Å². The molecule has 7 heteroatoms. The number of nitrogens with two attached hydrogens (primary N) is 1. The van der Waals surface area contributed by atoms with Crippen molar-refractivity contribution in [3.8, 4) is 0 Å². The Labute approximate surface area is 79.4 Å². The average molecular weight is 211 g/mol. The minimum absolute atomic E-state index is 0.915. The van der Waals surface area contributed by atoms with Gasteiger partial charge in [0.2, 0.25) is 5.79 Å². The Kier molecular flexibility index (Phi) is 2.60. The molecule has 0 bridgehead atoms. The molecule has 0 spiro atoms. The van der Waals surface area contributed by atoms with Gasteiger partial charge in [-0.15, -0.1) is 0 Å². The average Bonchev–Trinajstić information content (AvgIpc) is 2.11. The third-order valence-corrected chi connectivity index (χ3v) is 2.67. The van der Waals surface area contributed by atoms with Crippen molar-refractivity contribution in [2.45, 2.75) is 42.7 Å². The molecule has 0 radical (unpaired) electrons. The van der Waals surface area contributed by atoms with Crippen molar-refractivity contribution in [3.63, 3.8) is 0 Å². The summed E-state index contributed by atoms with van der Waals surface area (Å²) in [6.45, 7) is 0.915. The molecule has 84 valence electrons. The second-order valence-corrected chi connectivity index (χ2v) is 3.84. The predicted octanol–water partition coefficient (Wildman–Crippen LogP) is -3.18. The molecule has 0 heterocycles. The minimum atomic E-state index is -3.07. The molecular weight excluding hydrogens is 197 g/mol. The molecule has 6 nitrogen and oxygen atoms in total. The summed E-state index contributed by atoms with van der Waals surface area (Å²) >= 11 is 0. The van der Waals surface area contributed by atoms with Crippen LogP contribution in [0, 0.1) is 0 Å². The first-order valence-corrected chi connectivity index (χ1v) is 4.06. The van der Waals surface area contributed by atoms with Gasteiger partial charge in [0.25, 0.3) is 0 Å². The summed E-state index contributed by atoms with van der Waals surface area (Å²) in [5.41, 5.74) is 2.58. The molecule has 1 aliphatic carbocycles. The lowest BCUT2D eigenvalue weighted by atomic mass is 9.73. The zero-order valence-corrected chi connectivity index (χ0v) is 7.50. The van der Waals surface area contributed by atoms with Crippen molar-refractivity contribution in [1.82, 2.24) is 0 Å². The molecule has 0 aromatic rings. The Bertz CT molecular complexity index is 212. The van der Waals surface area contributed by atoms with Crippen LogP contribution in [-0.2, 0) is 0 Å². The van der Waals surface area contributed by atoms with Crippen LogP contribution in [0.5, 0.6) is 0 Å². The molecule has 1 aliphatic rings. The van der Waals surface area contributed by atoms with E-state index in [2.05, 4.69) is 0 Å². The molecule has 14 heavy (non-hydrogen) atoms. The first kappa shape index (κ1) is 11.8. The van der Waals surface area contributed by atoms with Crippen LogP contribution in [0.4, 0.5) is 4.39 Å². The summed E-state index contributed by atoms with van der Waals surface area (Å²) in [5.74, 6) is -3.07. The van der Waals surface area contributed by atoms with Gasteiger partial charge in [-0.25, -0.2) is 4.39 Å². The van der Waals surface area contributed by atoms with E-state index in [0.29, 0.717) is 0 Å². The fourth-order valence-electron chi connectivity index (χ4n) is 1.55. The maximum atomic E-state index is 13.4. The summed E-state index contributed by atoms with van der Waals surface area (Å²) in [6.07, 6.45) is -8.18. The maximum absolute atomic E-state index is 13.4. The lowest BCUT2D eigenvalue weighted by molar-refractivity contribution is -0.278. The van der Waals surface area contributed by atoms with Crippen molar-refractivity contribution in [2.24, 2.45) is 5.73 Å². The smallest absolute Gasteiger partial charge is 0.216 e. The van der Waals surface area contributed by atoms with Crippen LogP contribution in [0.1, 0.15) is 6.92 Å². The summed E-state index contributed by atoms with van der Waals surface area (Å²) in [7, 11) is 0. The molecule has 1 rings (SSSR count). The van der Waals surface area contributed by atoms with E-state index in [-0.39, 0.29) is 0 Å². The molecule has 0 aromatic carbocycles. The van der Waals surface area contributed by atoms with Crippen molar-refractivity contribution < 1.29 is 29.9 Å². The van der Waals surface area contributed by atoms with E-state index in [9.17, 15) is 19.7 Å². The molecule has 6 atom stereocenters. The summed E-state index contributed by atoms with van der Waals surface area (Å²) < 4.78 is 13.4. The Morgan fingerprint density at radius 3 is 2.00 bits per heavy atom. The Balaban J connectivity index is 3.09. The highest BCUT2D eigenvalue weighted by atomic mass is 19.1. The minimum Gasteiger partial charge on any atom is -0.387 e. The van der Waals surface area contributed by atoms with Crippen LogP contribution in [-0.4, -0.2) is 61.3 Å². The normalized spacial score (nSPS) is 60.0. The number of halogens is 1. The fourth-order valence-corrected chi connectivity index (χ4v) is 1.55. The van der Waals surface area contributed by atoms with Crippen molar-refractivity contribution >= 4 is 0 Å². The second-order valence-electron chi connectivity index (χ2n) is 3.84. The summed E-state index contributed by atoms with van der Waals surface area (Å²) in [6, 6.07) is 0. The van der Waals surface area contributed by atoms with Gasteiger partial charge >= 0.3 is 0 Å². The summed E-state index contributed by atoms with van der Waals surface area (Å²) in [4.78, 5) is 0. The highest BCUT2D eigenvalue weighted by Crippen LogP contribution is 2.35. The van der Waals surface area contributed by atoms with Crippen LogP contribution >= 0.6 is 0 Å². The van der Waals surface area contributed by atoms with Crippen molar-refractivity contribution in [3.05, 3.63) is 0 Å². The Morgan fingerprint density at radius 1 is 1.14 bits per heavy atom. The van der Waals surface area contributed by atoms with Crippen LogP contribution in [0.25, 0.3) is 0 Å². The first-order valence-electron chi connectivity index (χ1n) is 4.06. The van der Waals surface area contributed by atoms with E-state index in [1.807, 2.05) is 0 Å². The quantitative estimate of drug-likeness (QED) is 0.234. The highest BCUT2D eigenvalue weighted by Gasteiger charge is 2.62. The lowest BCUT2D eigenvalue weighted by Crippen LogP contribution is -2.76. The van der Waals surface area contributed by atoms with Crippen LogP contribution in [0.3, 0.4) is 0 Å². The van der Waals surface area contributed by atoms with E-state index < -0.39 is 35.8 Å². The van der Waals surface area contributed by atoms with Gasteiger partial charge in [-0.1, -0.05) is 0 Å². The molecule has 0 aromatic heterocycles. The molecule has 0 amide bonds. The van der Waals surface area contributed by atoms with Gasteiger partial charge in [-0.3, -0.25) is 5.73 Å². The van der Waals surface area contributed by atoms with Crippen molar-refractivity contribution in [2.75, 3.05) is 0 Å². The van der Waals surface area contributed by atoms with E-state index in [4.69, 9.17) is 15.9 Å². The topological polar surface area (TPSA) is 127 Å². The van der Waals surface area contributed by atoms with Gasteiger partial charge in [-0.2, -0.15) is 0 Å². The van der Waals surface area contributed by atoms with Crippen LogP contribution < -0.4 is 5.73 Å². The van der Waals surface area contributed by atoms with Gasteiger partial charge in [0.05, 0.1) is 0 Å².